The maximum absolute atomic E-state index is 12.0. The number of methoxy groups -OCH3 is 2. The number of carbonyl (C=O) groups is 5. The highest BCUT2D eigenvalue weighted by Gasteiger charge is 2.28. The zero-order chi connectivity index (χ0) is 33.1. The Bertz CT molecular complexity index is 1220. The van der Waals surface area contributed by atoms with Gasteiger partial charge in [-0.3, -0.25) is 24.0 Å². The van der Waals surface area contributed by atoms with Gasteiger partial charge in [-0.2, -0.15) is 0 Å². The molecule has 0 radical (unpaired) electrons. The maximum atomic E-state index is 12.0. The van der Waals surface area contributed by atoms with Crippen molar-refractivity contribution in [2.75, 3.05) is 34.2 Å². The van der Waals surface area contributed by atoms with Crippen LogP contribution in [0.4, 0.5) is 0 Å². The van der Waals surface area contributed by atoms with Crippen molar-refractivity contribution in [3.63, 3.8) is 0 Å². The quantitative estimate of drug-likeness (QED) is 0.223. The average Bonchev–Trinajstić information content (AvgIpc) is 3.05. The van der Waals surface area contributed by atoms with E-state index in [9.17, 15) is 24.0 Å². The van der Waals surface area contributed by atoms with Crippen molar-refractivity contribution < 1.29 is 57.5 Å². The Morgan fingerprint density at radius 2 is 1.77 bits per heavy atom. The number of pyridine rings is 1. The Balaban J connectivity index is 0.000000373. The highest BCUT2D eigenvalue weighted by atomic mass is 16.7. The van der Waals surface area contributed by atoms with E-state index in [1.165, 1.54) is 26.5 Å². The van der Waals surface area contributed by atoms with E-state index in [-0.39, 0.29) is 79.9 Å². The lowest BCUT2D eigenvalue weighted by atomic mass is 9.93. The van der Waals surface area contributed by atoms with Crippen molar-refractivity contribution in [3.05, 3.63) is 53.9 Å². The number of benzene rings is 1. The summed E-state index contributed by atoms with van der Waals surface area (Å²) in [6.07, 6.45) is 1.75. The van der Waals surface area contributed by atoms with Gasteiger partial charge in [0.2, 0.25) is 6.79 Å². The van der Waals surface area contributed by atoms with Crippen molar-refractivity contribution in [3.8, 4) is 11.5 Å². The van der Waals surface area contributed by atoms with E-state index in [1.807, 2.05) is 30.3 Å². The molecular weight excluding hydrogens is 580 g/mol. The number of amides is 1. The standard InChI is InChI=1S/C14H16O4.C12H16N2O6.C4H8O2/c1-10-9-12(11-5-3-2-4-6-11)14(16)17-8-7-13(15)18-10;1-17-6-4-9(15)19-7-20-11-8(18-2)3-5-14-10(11)12(13)16;1-3(2)4(5)6/h2-6,10,12H,7-9H2,1H3;3,5H,4,6-7H2,1-2H3,(H2,13,16);3H,1-2H3,(H,5,6). The third-order valence-corrected chi connectivity index (χ3v) is 5.69. The second kappa shape index (κ2) is 20.2. The van der Waals surface area contributed by atoms with Crippen LogP contribution in [0.3, 0.4) is 0 Å². The fourth-order valence-electron chi connectivity index (χ4n) is 3.37. The minimum absolute atomic E-state index is 0.0297. The average molecular weight is 621 g/mol. The molecule has 0 aliphatic carbocycles. The van der Waals surface area contributed by atoms with Crippen molar-refractivity contribution in [1.29, 1.82) is 0 Å². The summed E-state index contributed by atoms with van der Waals surface area (Å²) in [5, 5.41) is 7.99. The SMILES string of the molecule is CC(C)C(=O)O.CC1CC(c2ccccc2)C(=O)OCCC(=O)O1.COCCC(=O)OCOc1c(OC)ccnc1C(N)=O. The van der Waals surface area contributed by atoms with E-state index in [0.29, 0.717) is 6.42 Å². The molecule has 1 saturated heterocycles. The lowest BCUT2D eigenvalue weighted by Crippen LogP contribution is -2.20. The van der Waals surface area contributed by atoms with Crippen LogP contribution >= 0.6 is 0 Å². The Morgan fingerprint density at radius 3 is 2.34 bits per heavy atom. The number of ether oxygens (including phenoxy) is 6. The first-order chi connectivity index (χ1) is 20.9. The lowest BCUT2D eigenvalue weighted by molar-refractivity contribution is -0.151. The molecule has 1 aromatic carbocycles. The van der Waals surface area contributed by atoms with E-state index in [4.69, 9.17) is 39.3 Å². The van der Waals surface area contributed by atoms with E-state index in [1.54, 1.807) is 20.8 Å². The van der Waals surface area contributed by atoms with Crippen LogP contribution < -0.4 is 15.2 Å². The molecule has 14 nitrogen and oxygen atoms in total. The number of carboxylic acids is 1. The van der Waals surface area contributed by atoms with E-state index in [2.05, 4.69) is 4.98 Å². The third kappa shape index (κ3) is 14.0. The number of hydrogen-bond acceptors (Lipinski definition) is 12. The molecule has 1 amide bonds. The molecule has 2 heterocycles. The molecule has 1 aromatic heterocycles. The summed E-state index contributed by atoms with van der Waals surface area (Å²) in [6, 6.07) is 10.9. The van der Waals surface area contributed by atoms with Crippen LogP contribution in [0.1, 0.15) is 62.0 Å². The summed E-state index contributed by atoms with van der Waals surface area (Å²) in [5.74, 6) is -2.91. The molecule has 44 heavy (non-hydrogen) atoms. The Hall–Kier alpha value is -4.72. The van der Waals surface area contributed by atoms with Gasteiger partial charge in [0.25, 0.3) is 5.91 Å². The number of rotatable bonds is 10. The van der Waals surface area contributed by atoms with Gasteiger partial charge >= 0.3 is 23.9 Å². The number of carbonyl (C=O) groups excluding carboxylic acids is 4. The summed E-state index contributed by atoms with van der Waals surface area (Å²) in [6.45, 7) is 5.04. The summed E-state index contributed by atoms with van der Waals surface area (Å²) < 4.78 is 30.1. The molecule has 0 bridgehead atoms. The van der Waals surface area contributed by atoms with Crippen LogP contribution in [0.25, 0.3) is 0 Å². The van der Waals surface area contributed by atoms with Crippen molar-refractivity contribution in [1.82, 2.24) is 4.98 Å². The third-order valence-electron chi connectivity index (χ3n) is 5.69. The molecule has 2 unspecified atom stereocenters. The number of nitrogens with two attached hydrogens (primary N) is 1. The van der Waals surface area contributed by atoms with Gasteiger partial charge < -0.3 is 39.3 Å². The molecule has 1 fully saturated rings. The highest BCUT2D eigenvalue weighted by Crippen LogP contribution is 2.29. The minimum atomic E-state index is -0.774. The first kappa shape index (κ1) is 37.3. The van der Waals surface area contributed by atoms with E-state index in [0.717, 1.165) is 5.56 Å². The van der Waals surface area contributed by atoms with Gasteiger partial charge in [0.1, 0.15) is 12.7 Å². The van der Waals surface area contributed by atoms with Crippen molar-refractivity contribution >= 4 is 29.8 Å². The lowest BCUT2D eigenvalue weighted by Gasteiger charge is -2.18. The molecule has 14 heteroatoms. The first-order valence-electron chi connectivity index (χ1n) is 13.6. The molecular formula is C30H40N2O12. The maximum Gasteiger partial charge on any atom is 0.313 e. The van der Waals surface area contributed by atoms with Crippen LogP contribution in [0, 0.1) is 5.92 Å². The van der Waals surface area contributed by atoms with Gasteiger partial charge in [-0.1, -0.05) is 44.2 Å². The molecule has 1 aliphatic heterocycles. The Labute approximate surface area is 255 Å². The normalized spacial score (nSPS) is 16.1. The van der Waals surface area contributed by atoms with Crippen LogP contribution in [-0.2, 0) is 38.1 Å². The molecule has 3 rings (SSSR count). The van der Waals surface area contributed by atoms with Crippen LogP contribution in [0.2, 0.25) is 0 Å². The van der Waals surface area contributed by atoms with Crippen LogP contribution in [0.15, 0.2) is 42.6 Å². The number of hydrogen-bond donors (Lipinski definition) is 2. The van der Waals surface area contributed by atoms with Crippen molar-refractivity contribution in [2.24, 2.45) is 11.7 Å². The van der Waals surface area contributed by atoms with Gasteiger partial charge in [-0.15, -0.1) is 0 Å². The van der Waals surface area contributed by atoms with Gasteiger partial charge in [-0.05, 0) is 12.5 Å². The number of aromatic nitrogens is 1. The predicted molar refractivity (Wildman–Crippen MR) is 155 cm³/mol. The largest absolute Gasteiger partial charge is 0.493 e. The summed E-state index contributed by atoms with van der Waals surface area (Å²) in [4.78, 5) is 59.3. The zero-order valence-electron chi connectivity index (χ0n) is 25.5. The fourth-order valence-corrected chi connectivity index (χ4v) is 3.37. The molecule has 3 N–H and O–H groups in total. The molecule has 2 aromatic rings. The fraction of sp³-hybridized carbons (Fsp3) is 0.467. The van der Waals surface area contributed by atoms with Crippen molar-refractivity contribution in [2.45, 2.75) is 52.1 Å². The van der Waals surface area contributed by atoms with Gasteiger partial charge in [0.05, 0.1) is 38.4 Å². The van der Waals surface area contributed by atoms with Gasteiger partial charge in [0, 0.05) is 25.8 Å². The molecule has 242 valence electrons. The second-order valence-electron chi connectivity index (χ2n) is 9.49. The zero-order valence-corrected chi connectivity index (χ0v) is 25.5. The van der Waals surface area contributed by atoms with Crippen LogP contribution in [-0.4, -0.2) is 80.2 Å². The monoisotopic (exact) mass is 620 g/mol. The van der Waals surface area contributed by atoms with E-state index < -0.39 is 17.8 Å². The first-order valence-corrected chi connectivity index (χ1v) is 13.6. The number of primary amides is 1. The summed E-state index contributed by atoms with van der Waals surface area (Å²) >= 11 is 0. The molecule has 2 atom stereocenters. The summed E-state index contributed by atoms with van der Waals surface area (Å²) in [7, 11) is 2.88. The predicted octanol–water partition coefficient (Wildman–Crippen LogP) is 2.87. The Morgan fingerprint density at radius 1 is 1.11 bits per heavy atom. The number of nitrogens with zero attached hydrogens (tertiary/aromatic N) is 1. The number of aliphatic carboxylic acids is 1. The highest BCUT2D eigenvalue weighted by molar-refractivity contribution is 5.94. The topological polar surface area (TPSA) is 200 Å². The van der Waals surface area contributed by atoms with E-state index >= 15 is 0 Å². The van der Waals surface area contributed by atoms with Gasteiger partial charge in [0.15, 0.2) is 17.2 Å². The number of carboxylic acid groups (broad SMARTS) is 1. The number of esters is 3. The Kier molecular flexibility index (Phi) is 17.2. The van der Waals surface area contributed by atoms with Gasteiger partial charge in [-0.25, -0.2) is 4.98 Å². The smallest absolute Gasteiger partial charge is 0.313 e. The molecule has 0 spiro atoms. The second-order valence-corrected chi connectivity index (χ2v) is 9.49. The van der Waals surface area contributed by atoms with Crippen LogP contribution in [0.5, 0.6) is 11.5 Å². The molecule has 1 aliphatic rings. The molecule has 0 saturated carbocycles. The summed E-state index contributed by atoms with van der Waals surface area (Å²) in [5.41, 5.74) is 5.97. The number of cyclic esters (lactones) is 2. The minimum Gasteiger partial charge on any atom is -0.493 e.